The van der Waals surface area contributed by atoms with Crippen molar-refractivity contribution < 1.29 is 9.90 Å². The van der Waals surface area contributed by atoms with Gasteiger partial charge in [-0.25, -0.2) is 0 Å². The number of phenols is 1. The topological polar surface area (TPSA) is 61.4 Å². The van der Waals surface area contributed by atoms with E-state index in [1.807, 2.05) is 26.0 Å². The summed E-state index contributed by atoms with van der Waals surface area (Å²) in [6, 6.07) is 6.96. The second-order valence-electron chi connectivity index (χ2n) is 4.34. The van der Waals surface area contributed by atoms with Crippen LogP contribution in [0.1, 0.15) is 38.8 Å². The highest BCUT2D eigenvalue weighted by Gasteiger charge is 2.17. The van der Waals surface area contributed by atoms with Gasteiger partial charge in [0.15, 0.2) is 0 Å². The molecule has 1 rings (SSSR count). The van der Waals surface area contributed by atoms with E-state index < -0.39 is 0 Å². The van der Waals surface area contributed by atoms with Gasteiger partial charge in [-0.15, -0.1) is 0 Å². The number of carbonyl (C=O) groups is 1. The molecule has 0 aliphatic carbocycles. The molecule has 3 N–H and O–H groups in total. The number of amides is 1. The van der Waals surface area contributed by atoms with Gasteiger partial charge in [0.1, 0.15) is 5.75 Å². The van der Waals surface area contributed by atoms with Crippen molar-refractivity contribution in [1.82, 2.24) is 10.6 Å². The molecule has 0 aromatic heterocycles. The van der Waals surface area contributed by atoms with E-state index in [-0.39, 0.29) is 23.7 Å². The largest absolute Gasteiger partial charge is 0.508 e. The van der Waals surface area contributed by atoms with Gasteiger partial charge in [-0.05, 0) is 38.0 Å². The molecule has 2 unspecified atom stereocenters. The number of benzene rings is 1. The lowest BCUT2D eigenvalue weighted by molar-refractivity contribution is -0.122. The van der Waals surface area contributed by atoms with E-state index in [1.54, 1.807) is 12.1 Å². The Hall–Kier alpha value is -1.55. The number of phenolic OH excluding ortho intramolecular Hbond substituents is 1. The van der Waals surface area contributed by atoms with Crippen LogP contribution in [-0.2, 0) is 4.79 Å². The van der Waals surface area contributed by atoms with Crippen molar-refractivity contribution in [3.63, 3.8) is 0 Å². The van der Waals surface area contributed by atoms with Gasteiger partial charge >= 0.3 is 0 Å². The summed E-state index contributed by atoms with van der Waals surface area (Å²) in [5.74, 6) is 0.264. The van der Waals surface area contributed by atoms with Crippen molar-refractivity contribution in [3.8, 4) is 5.75 Å². The Morgan fingerprint density at radius 1 is 1.28 bits per heavy atom. The van der Waals surface area contributed by atoms with Gasteiger partial charge in [0.2, 0.25) is 5.91 Å². The number of hydrogen-bond acceptors (Lipinski definition) is 3. The molecular weight excluding hydrogens is 228 g/mol. The van der Waals surface area contributed by atoms with Gasteiger partial charge in [-0.3, -0.25) is 10.1 Å². The molecule has 1 aromatic carbocycles. The highest BCUT2D eigenvalue weighted by atomic mass is 16.3. The van der Waals surface area contributed by atoms with Gasteiger partial charge in [-0.2, -0.15) is 0 Å². The van der Waals surface area contributed by atoms with Crippen LogP contribution in [0.25, 0.3) is 0 Å². The number of aromatic hydroxyl groups is 1. The van der Waals surface area contributed by atoms with Crippen molar-refractivity contribution in [2.24, 2.45) is 0 Å². The Labute approximate surface area is 108 Å². The summed E-state index contributed by atoms with van der Waals surface area (Å²) in [6.45, 7) is 6.46. The maximum atomic E-state index is 11.7. The Morgan fingerprint density at radius 3 is 2.39 bits per heavy atom. The molecule has 0 aliphatic heterocycles. The summed E-state index contributed by atoms with van der Waals surface area (Å²) in [5, 5.41) is 15.4. The minimum atomic E-state index is -0.233. The lowest BCUT2D eigenvalue weighted by Gasteiger charge is -2.22. The average Bonchev–Trinajstić information content (AvgIpc) is 2.37. The van der Waals surface area contributed by atoms with Crippen LogP contribution in [0.15, 0.2) is 24.3 Å². The summed E-state index contributed by atoms with van der Waals surface area (Å²) in [5.41, 5.74) is 1.08. The molecular formula is C14H22N2O2. The van der Waals surface area contributed by atoms with Gasteiger partial charge in [-0.1, -0.05) is 19.1 Å². The monoisotopic (exact) mass is 250 g/mol. The summed E-state index contributed by atoms with van der Waals surface area (Å²) in [4.78, 5) is 11.7. The van der Waals surface area contributed by atoms with E-state index in [2.05, 4.69) is 17.6 Å². The normalized spacial score (nSPS) is 13.9. The van der Waals surface area contributed by atoms with Gasteiger partial charge in [0, 0.05) is 12.6 Å². The van der Waals surface area contributed by atoms with Crippen LogP contribution in [0.5, 0.6) is 5.75 Å². The average molecular weight is 250 g/mol. The first-order chi connectivity index (χ1) is 8.58. The first-order valence-corrected chi connectivity index (χ1v) is 6.41. The lowest BCUT2D eigenvalue weighted by Crippen LogP contribution is -2.43. The van der Waals surface area contributed by atoms with Crippen molar-refractivity contribution in [3.05, 3.63) is 29.8 Å². The SMILES string of the molecule is CCNC(=O)C(C)NC(CC)c1ccc(O)cc1. The molecule has 0 aliphatic rings. The molecule has 4 heteroatoms. The third kappa shape index (κ3) is 4.04. The first kappa shape index (κ1) is 14.5. The summed E-state index contributed by atoms with van der Waals surface area (Å²) in [7, 11) is 0. The molecule has 1 amide bonds. The predicted molar refractivity (Wildman–Crippen MR) is 72.4 cm³/mol. The van der Waals surface area contributed by atoms with Crippen molar-refractivity contribution in [2.75, 3.05) is 6.54 Å². The zero-order valence-corrected chi connectivity index (χ0v) is 11.2. The molecule has 18 heavy (non-hydrogen) atoms. The van der Waals surface area contributed by atoms with Crippen LogP contribution in [0.3, 0.4) is 0 Å². The van der Waals surface area contributed by atoms with Crippen LogP contribution in [0.4, 0.5) is 0 Å². The number of nitrogens with one attached hydrogen (secondary N) is 2. The maximum absolute atomic E-state index is 11.7. The van der Waals surface area contributed by atoms with Gasteiger partial charge in [0.25, 0.3) is 0 Å². The van der Waals surface area contributed by atoms with Crippen molar-refractivity contribution in [2.45, 2.75) is 39.3 Å². The molecule has 0 fully saturated rings. The smallest absolute Gasteiger partial charge is 0.236 e. The summed E-state index contributed by atoms with van der Waals surface area (Å²) >= 11 is 0. The quantitative estimate of drug-likeness (QED) is 0.723. The zero-order chi connectivity index (χ0) is 13.5. The molecule has 1 aromatic rings. The Bertz CT molecular complexity index is 376. The maximum Gasteiger partial charge on any atom is 0.236 e. The van der Waals surface area contributed by atoms with Crippen LogP contribution < -0.4 is 10.6 Å². The Morgan fingerprint density at radius 2 is 1.89 bits per heavy atom. The van der Waals surface area contributed by atoms with Crippen LogP contribution in [0, 0.1) is 0 Å². The molecule has 0 saturated heterocycles. The van der Waals surface area contributed by atoms with E-state index in [9.17, 15) is 9.90 Å². The molecule has 0 radical (unpaired) electrons. The van der Waals surface area contributed by atoms with Gasteiger partial charge < -0.3 is 10.4 Å². The predicted octanol–water partition coefficient (Wildman–Crippen LogP) is 1.96. The van der Waals surface area contributed by atoms with Crippen molar-refractivity contribution >= 4 is 5.91 Å². The Kier molecular flexibility index (Phi) is 5.65. The second kappa shape index (κ2) is 7.01. The van der Waals surface area contributed by atoms with E-state index in [4.69, 9.17) is 0 Å². The minimum Gasteiger partial charge on any atom is -0.508 e. The highest BCUT2D eigenvalue weighted by molar-refractivity contribution is 5.81. The van der Waals surface area contributed by atoms with Gasteiger partial charge in [0.05, 0.1) is 6.04 Å². The molecule has 0 spiro atoms. The van der Waals surface area contributed by atoms with Crippen molar-refractivity contribution in [1.29, 1.82) is 0 Å². The van der Waals surface area contributed by atoms with E-state index in [1.165, 1.54) is 0 Å². The number of likely N-dealkylation sites (N-methyl/N-ethyl adjacent to an activating group) is 1. The number of carbonyl (C=O) groups excluding carboxylic acids is 1. The molecule has 100 valence electrons. The standard InChI is InChI=1S/C14H22N2O2/c1-4-13(11-6-8-12(17)9-7-11)16-10(3)14(18)15-5-2/h6-10,13,16-17H,4-5H2,1-3H3,(H,15,18). The minimum absolute atomic E-state index is 0.00901. The van der Waals surface area contributed by atoms with E-state index in [0.29, 0.717) is 6.54 Å². The zero-order valence-electron chi connectivity index (χ0n) is 11.2. The molecule has 0 heterocycles. The second-order valence-corrected chi connectivity index (χ2v) is 4.34. The Balaban J connectivity index is 2.67. The van der Waals surface area contributed by atoms with E-state index >= 15 is 0 Å². The van der Waals surface area contributed by atoms with Crippen LogP contribution >= 0.6 is 0 Å². The third-order valence-corrected chi connectivity index (χ3v) is 2.90. The number of rotatable bonds is 6. The number of hydrogen-bond donors (Lipinski definition) is 3. The van der Waals surface area contributed by atoms with E-state index in [0.717, 1.165) is 12.0 Å². The lowest BCUT2D eigenvalue weighted by atomic mass is 10.0. The summed E-state index contributed by atoms with van der Waals surface area (Å²) in [6.07, 6.45) is 0.883. The third-order valence-electron chi connectivity index (χ3n) is 2.90. The fourth-order valence-electron chi connectivity index (χ4n) is 1.86. The molecule has 0 saturated carbocycles. The fraction of sp³-hybridized carbons (Fsp3) is 0.500. The molecule has 0 bridgehead atoms. The fourth-order valence-corrected chi connectivity index (χ4v) is 1.86. The summed E-state index contributed by atoms with van der Waals surface area (Å²) < 4.78 is 0. The molecule has 2 atom stereocenters. The van der Waals surface area contributed by atoms with Crippen LogP contribution in [-0.4, -0.2) is 23.6 Å². The van der Waals surface area contributed by atoms with Crippen LogP contribution in [0.2, 0.25) is 0 Å². The highest BCUT2D eigenvalue weighted by Crippen LogP contribution is 2.19. The first-order valence-electron chi connectivity index (χ1n) is 6.41. The molecule has 4 nitrogen and oxygen atoms in total.